The summed E-state index contributed by atoms with van der Waals surface area (Å²) in [5.41, 5.74) is 11.9. The number of rotatable bonds is 0. The number of aliphatic imine (C=N–C) groups is 1. The molecule has 4 rings (SSSR count). The standard InChI is InChI=1S/C7H10N4.C7H7N3.2C2H6/c1-5-6(8)10-11-4-2-3-9-7(5)11;1-6-5-9-10-4-2-3-8-7(6)10;2*1-2/h2-4,6,10H,8H2,1H3;2-5H,1H3;2*1-2H3. The van der Waals surface area contributed by atoms with Crippen molar-refractivity contribution in [2.45, 2.75) is 47.7 Å². The summed E-state index contributed by atoms with van der Waals surface area (Å²) in [5.74, 6) is 0.917. The van der Waals surface area contributed by atoms with E-state index in [2.05, 4.69) is 20.5 Å². The molecule has 2 aliphatic rings. The minimum atomic E-state index is -0.0927. The first-order valence-corrected chi connectivity index (χ1v) is 8.64. The van der Waals surface area contributed by atoms with Gasteiger partial charge in [-0.25, -0.2) is 19.9 Å². The van der Waals surface area contributed by atoms with Crippen molar-refractivity contribution in [3.05, 3.63) is 53.9 Å². The van der Waals surface area contributed by atoms with Crippen LogP contribution in [0.25, 0.3) is 5.65 Å². The first-order chi connectivity index (χ1) is 12.2. The molecule has 4 heterocycles. The quantitative estimate of drug-likeness (QED) is 0.768. The lowest BCUT2D eigenvalue weighted by molar-refractivity contribution is 0.343. The molecule has 0 spiro atoms. The summed E-state index contributed by atoms with van der Waals surface area (Å²) in [6.45, 7) is 12.0. The SMILES string of the molecule is CC.CC.CC1=C2N=CC=CN2NC1N.Cc1cnn2cccnc12. The second kappa shape index (κ2) is 10.4. The summed E-state index contributed by atoms with van der Waals surface area (Å²) in [6.07, 6.45) is 10.9. The van der Waals surface area contributed by atoms with Crippen LogP contribution in [-0.2, 0) is 0 Å². The molecule has 0 aliphatic carbocycles. The highest BCUT2D eigenvalue weighted by molar-refractivity contribution is 5.73. The summed E-state index contributed by atoms with van der Waals surface area (Å²) in [6, 6.07) is 1.86. The summed E-state index contributed by atoms with van der Waals surface area (Å²) in [5, 5.41) is 5.91. The number of nitrogens with one attached hydrogen (secondary N) is 1. The van der Waals surface area contributed by atoms with Crippen molar-refractivity contribution in [3.63, 3.8) is 0 Å². The van der Waals surface area contributed by atoms with Gasteiger partial charge in [0.05, 0.1) is 12.4 Å². The van der Waals surface area contributed by atoms with Gasteiger partial charge in [0.25, 0.3) is 0 Å². The molecule has 2 aromatic rings. The molecule has 7 heteroatoms. The zero-order valence-electron chi connectivity index (χ0n) is 15.9. The van der Waals surface area contributed by atoms with E-state index in [0.717, 1.165) is 22.6 Å². The van der Waals surface area contributed by atoms with Crippen molar-refractivity contribution < 1.29 is 0 Å². The number of hydrogen-bond acceptors (Lipinski definition) is 6. The van der Waals surface area contributed by atoms with Crippen molar-refractivity contribution in [1.82, 2.24) is 25.0 Å². The lowest BCUT2D eigenvalue weighted by Gasteiger charge is -2.16. The molecule has 0 radical (unpaired) electrons. The Morgan fingerprint density at radius 3 is 2.52 bits per heavy atom. The fourth-order valence-electron chi connectivity index (χ4n) is 2.10. The Morgan fingerprint density at radius 2 is 1.88 bits per heavy atom. The van der Waals surface area contributed by atoms with Crippen LogP contribution < -0.4 is 11.2 Å². The van der Waals surface area contributed by atoms with E-state index < -0.39 is 0 Å². The summed E-state index contributed by atoms with van der Waals surface area (Å²) < 4.78 is 1.76. The average molecular weight is 343 g/mol. The largest absolute Gasteiger partial charge is 0.311 e. The van der Waals surface area contributed by atoms with Gasteiger partial charge in [0, 0.05) is 35.9 Å². The number of fused-ring (bicyclic) bond motifs is 2. The molecule has 0 amide bonds. The fourth-order valence-corrected chi connectivity index (χ4v) is 2.10. The van der Waals surface area contributed by atoms with Crippen LogP contribution in [0.1, 0.15) is 40.2 Å². The molecule has 25 heavy (non-hydrogen) atoms. The summed E-state index contributed by atoms with van der Waals surface area (Å²) in [4.78, 5) is 8.32. The number of nitrogens with zero attached hydrogens (tertiary/aromatic N) is 5. The molecule has 3 N–H and O–H groups in total. The smallest absolute Gasteiger partial charge is 0.157 e. The average Bonchev–Trinajstić information content (AvgIpc) is 3.20. The Balaban J connectivity index is 0.000000210. The maximum atomic E-state index is 5.72. The van der Waals surface area contributed by atoms with Crippen LogP contribution in [0, 0.1) is 6.92 Å². The first-order valence-electron chi connectivity index (χ1n) is 8.64. The molecule has 1 unspecified atom stereocenters. The molecule has 7 nitrogen and oxygen atoms in total. The lowest BCUT2D eigenvalue weighted by Crippen LogP contribution is -2.39. The second-order valence-electron chi connectivity index (χ2n) is 4.82. The Kier molecular flexibility index (Phi) is 8.52. The van der Waals surface area contributed by atoms with Gasteiger partial charge in [0.15, 0.2) is 5.65 Å². The first kappa shape index (κ1) is 20.5. The van der Waals surface area contributed by atoms with E-state index >= 15 is 0 Å². The van der Waals surface area contributed by atoms with E-state index in [9.17, 15) is 0 Å². The molecule has 2 aromatic heterocycles. The van der Waals surface area contributed by atoms with Crippen LogP contribution in [0.15, 0.2) is 53.3 Å². The summed E-state index contributed by atoms with van der Waals surface area (Å²) in [7, 11) is 0. The van der Waals surface area contributed by atoms with Crippen molar-refractivity contribution in [2.24, 2.45) is 10.7 Å². The molecule has 0 saturated heterocycles. The van der Waals surface area contributed by atoms with Gasteiger partial charge in [-0.05, 0) is 26.0 Å². The third-order valence-corrected chi connectivity index (χ3v) is 3.30. The van der Waals surface area contributed by atoms with Crippen LogP contribution in [0.5, 0.6) is 0 Å². The van der Waals surface area contributed by atoms with Crippen LogP contribution in [0.4, 0.5) is 0 Å². The van der Waals surface area contributed by atoms with Gasteiger partial charge < -0.3 is 5.73 Å². The predicted octanol–water partition coefficient (Wildman–Crippen LogP) is 3.01. The van der Waals surface area contributed by atoms with Crippen molar-refractivity contribution >= 4 is 11.9 Å². The van der Waals surface area contributed by atoms with E-state index in [1.165, 1.54) is 0 Å². The minimum absolute atomic E-state index is 0.0927. The molecular formula is C18H29N7. The molecule has 0 fully saturated rings. The Labute approximate surface area is 149 Å². The highest BCUT2D eigenvalue weighted by Gasteiger charge is 2.24. The number of allylic oxidation sites excluding steroid dienone is 1. The van der Waals surface area contributed by atoms with E-state index in [0.29, 0.717) is 0 Å². The molecule has 0 bridgehead atoms. The fraction of sp³-hybridized carbons (Fsp3) is 0.389. The summed E-state index contributed by atoms with van der Waals surface area (Å²) >= 11 is 0. The maximum Gasteiger partial charge on any atom is 0.157 e. The van der Waals surface area contributed by atoms with Gasteiger partial charge in [-0.2, -0.15) is 5.10 Å². The van der Waals surface area contributed by atoms with Gasteiger partial charge in [0.1, 0.15) is 5.82 Å². The van der Waals surface area contributed by atoms with E-state index in [1.807, 2.05) is 77.3 Å². The molecule has 0 saturated carbocycles. The van der Waals surface area contributed by atoms with Crippen LogP contribution in [0.3, 0.4) is 0 Å². The van der Waals surface area contributed by atoms with Gasteiger partial charge in [-0.3, -0.25) is 5.01 Å². The van der Waals surface area contributed by atoms with Gasteiger partial charge in [-0.1, -0.05) is 27.7 Å². The molecule has 0 aromatic carbocycles. The monoisotopic (exact) mass is 343 g/mol. The van der Waals surface area contributed by atoms with E-state index in [1.54, 1.807) is 16.9 Å². The molecule has 1 atom stereocenters. The normalized spacial score (nSPS) is 17.1. The van der Waals surface area contributed by atoms with Gasteiger partial charge in [0.2, 0.25) is 0 Å². The lowest BCUT2D eigenvalue weighted by atomic mass is 10.2. The van der Waals surface area contributed by atoms with E-state index in [-0.39, 0.29) is 6.17 Å². The third kappa shape index (κ3) is 4.98. The molecule has 136 valence electrons. The van der Waals surface area contributed by atoms with E-state index in [4.69, 9.17) is 5.73 Å². The van der Waals surface area contributed by atoms with Crippen molar-refractivity contribution in [1.29, 1.82) is 0 Å². The third-order valence-electron chi connectivity index (χ3n) is 3.30. The highest BCUT2D eigenvalue weighted by Crippen LogP contribution is 2.20. The molecular weight excluding hydrogens is 314 g/mol. The number of aryl methyl sites for hydroxylation is 1. The highest BCUT2D eigenvalue weighted by atomic mass is 15.6. The van der Waals surface area contributed by atoms with Crippen LogP contribution in [0.2, 0.25) is 0 Å². The van der Waals surface area contributed by atoms with Crippen molar-refractivity contribution in [3.8, 4) is 0 Å². The zero-order valence-corrected chi connectivity index (χ0v) is 15.9. The van der Waals surface area contributed by atoms with Crippen LogP contribution >= 0.6 is 0 Å². The Morgan fingerprint density at radius 1 is 1.16 bits per heavy atom. The second-order valence-corrected chi connectivity index (χ2v) is 4.82. The number of hydrazine groups is 1. The Hall–Kier alpha value is -2.51. The Bertz CT molecular complexity index is 743. The number of nitrogens with two attached hydrogens (primary N) is 1. The minimum Gasteiger partial charge on any atom is -0.311 e. The van der Waals surface area contributed by atoms with Gasteiger partial charge in [-0.15, -0.1) is 0 Å². The van der Waals surface area contributed by atoms with Crippen molar-refractivity contribution in [2.75, 3.05) is 0 Å². The number of hydrogen-bond donors (Lipinski definition) is 2. The van der Waals surface area contributed by atoms with Crippen LogP contribution in [-0.4, -0.2) is 32.0 Å². The number of aromatic nitrogens is 3. The topological polar surface area (TPSA) is 83.8 Å². The maximum absolute atomic E-state index is 5.72. The van der Waals surface area contributed by atoms with Gasteiger partial charge >= 0.3 is 0 Å². The predicted molar refractivity (Wildman–Crippen MR) is 104 cm³/mol. The molecule has 2 aliphatic heterocycles. The zero-order chi connectivity index (χ0) is 18.8.